The molecule has 35 heavy (non-hydrogen) atoms. The zero-order chi connectivity index (χ0) is 24.7. The molecule has 5 aromatic rings. The van der Waals surface area contributed by atoms with E-state index in [0.29, 0.717) is 26.9 Å². The largest absolute Gasteiger partial charge is 0.345 e. The molecule has 0 aliphatic heterocycles. The molecule has 3 aromatic carbocycles. The number of fused-ring (bicyclic) bond motifs is 1. The molecule has 8 heteroatoms. The molecule has 0 saturated heterocycles. The molecule has 0 unspecified atom stereocenters. The summed E-state index contributed by atoms with van der Waals surface area (Å²) in [4.78, 5) is 21.1. The average molecular weight is 651 g/mol. The molecule has 0 atom stereocenters. The topological polar surface area (TPSA) is 74.5 Å². The van der Waals surface area contributed by atoms with E-state index in [4.69, 9.17) is 12.2 Å². The predicted octanol–water partition coefficient (Wildman–Crippen LogP) is 7.32. The zero-order valence-electron chi connectivity index (χ0n) is 18.3. The Bertz CT molecular complexity index is 1770. The van der Waals surface area contributed by atoms with E-state index in [1.165, 1.54) is 0 Å². The highest BCUT2D eigenvalue weighted by Gasteiger charge is 2.13. The summed E-state index contributed by atoms with van der Waals surface area (Å²) < 4.78 is 3.95. The summed E-state index contributed by atoms with van der Waals surface area (Å²) >= 11 is 11.1. The van der Waals surface area contributed by atoms with Crippen LogP contribution >= 0.6 is 50.7 Å². The number of halogens is 2. The lowest BCUT2D eigenvalue weighted by Gasteiger charge is -2.13. The van der Waals surface area contributed by atoms with Gasteiger partial charge in [0.1, 0.15) is 16.5 Å². The minimum absolute atomic E-state index is 0.103. The molecule has 0 spiro atoms. The number of aryl methyl sites for hydroxylation is 1. The Morgan fingerprint density at radius 1 is 1.03 bits per heavy atom. The van der Waals surface area contributed by atoms with Crippen molar-refractivity contribution in [3.05, 3.63) is 107 Å². The van der Waals surface area contributed by atoms with Gasteiger partial charge in [0.05, 0.1) is 22.2 Å². The Hall–Kier alpha value is -3.13. The second-order valence-corrected chi connectivity index (χ2v) is 10.5. The number of hydrogen-bond acceptors (Lipinski definition) is 4. The van der Waals surface area contributed by atoms with E-state index in [1.54, 1.807) is 4.57 Å². The van der Waals surface area contributed by atoms with Crippen molar-refractivity contribution in [1.29, 1.82) is 5.26 Å². The number of hydrogen-bond donors (Lipinski definition) is 1. The Labute approximate surface area is 228 Å². The number of rotatable bonds is 3. The molecule has 5 rings (SSSR count). The minimum Gasteiger partial charge on any atom is -0.345 e. The highest BCUT2D eigenvalue weighted by atomic mass is 127. The van der Waals surface area contributed by atoms with Crippen molar-refractivity contribution in [3.63, 3.8) is 0 Å². The molecule has 170 valence electrons. The maximum Gasteiger partial charge on any atom is 0.265 e. The number of nitriles is 1. The van der Waals surface area contributed by atoms with Crippen LogP contribution in [0, 0.1) is 26.5 Å². The second-order valence-electron chi connectivity index (χ2n) is 7.93. The first-order valence-electron chi connectivity index (χ1n) is 10.6. The van der Waals surface area contributed by atoms with Crippen LogP contribution in [0.5, 0.6) is 0 Å². The average Bonchev–Trinajstić information content (AvgIpc) is 2.85. The molecule has 1 N–H and O–H groups in total. The minimum atomic E-state index is -0.103. The molecule has 2 heterocycles. The Morgan fingerprint density at radius 2 is 1.71 bits per heavy atom. The van der Waals surface area contributed by atoms with Gasteiger partial charge in [-0.3, -0.25) is 9.36 Å². The smallest absolute Gasteiger partial charge is 0.265 e. The van der Waals surface area contributed by atoms with E-state index in [9.17, 15) is 10.1 Å². The van der Waals surface area contributed by atoms with Gasteiger partial charge in [0.15, 0.2) is 0 Å². The van der Waals surface area contributed by atoms with Gasteiger partial charge in [0, 0.05) is 19.3 Å². The van der Waals surface area contributed by atoms with Crippen LogP contribution in [0.2, 0.25) is 0 Å². The molecule has 5 nitrogen and oxygen atoms in total. The molecule has 0 amide bonds. The van der Waals surface area contributed by atoms with Gasteiger partial charge in [-0.2, -0.15) is 5.26 Å². The number of pyridine rings is 1. The molecular weight excluding hydrogens is 635 g/mol. The SMILES string of the molecule is Cc1nc2ccc(I)cc2c(=O)n1-c1ccc(-c2cc(-c3ccc(Br)cc3)c(C#N)c(=S)[nH]2)cc1. The number of aromatic amines is 1. The standard InChI is InChI=1S/C27H16BrIN4OS/c1-15-31-24-11-8-19(29)12-22(24)27(34)33(15)20-9-4-17(5-10-20)25-13-21(23(14-30)26(35)32-25)16-2-6-18(28)7-3-16/h2-13H,1H3,(H,32,35). The van der Waals surface area contributed by atoms with E-state index >= 15 is 0 Å². The van der Waals surface area contributed by atoms with Crippen molar-refractivity contribution < 1.29 is 0 Å². The van der Waals surface area contributed by atoms with Crippen LogP contribution in [0.25, 0.3) is 39.0 Å². The number of nitrogens with zero attached hydrogens (tertiary/aromatic N) is 3. The van der Waals surface area contributed by atoms with E-state index in [0.717, 1.165) is 36.1 Å². The lowest BCUT2D eigenvalue weighted by molar-refractivity contribution is 0.895. The van der Waals surface area contributed by atoms with Crippen LogP contribution in [0.4, 0.5) is 0 Å². The Morgan fingerprint density at radius 3 is 2.40 bits per heavy atom. The van der Waals surface area contributed by atoms with Gasteiger partial charge >= 0.3 is 0 Å². The van der Waals surface area contributed by atoms with E-state index in [-0.39, 0.29) is 5.56 Å². The highest BCUT2D eigenvalue weighted by Crippen LogP contribution is 2.30. The first-order valence-corrected chi connectivity index (χ1v) is 12.9. The first kappa shape index (κ1) is 23.6. The number of benzene rings is 3. The highest BCUT2D eigenvalue weighted by molar-refractivity contribution is 14.1. The Kier molecular flexibility index (Phi) is 6.40. The van der Waals surface area contributed by atoms with Crippen molar-refractivity contribution >= 4 is 61.6 Å². The van der Waals surface area contributed by atoms with Crippen molar-refractivity contribution in [2.75, 3.05) is 0 Å². The molecule has 0 radical (unpaired) electrons. The fourth-order valence-electron chi connectivity index (χ4n) is 4.05. The van der Waals surface area contributed by atoms with Crippen molar-refractivity contribution in [3.8, 4) is 34.1 Å². The number of aromatic nitrogens is 3. The zero-order valence-corrected chi connectivity index (χ0v) is 22.9. The van der Waals surface area contributed by atoms with Crippen molar-refractivity contribution in [2.45, 2.75) is 6.92 Å². The predicted molar refractivity (Wildman–Crippen MR) is 153 cm³/mol. The van der Waals surface area contributed by atoms with Crippen LogP contribution in [-0.4, -0.2) is 14.5 Å². The maximum absolute atomic E-state index is 13.3. The summed E-state index contributed by atoms with van der Waals surface area (Å²) in [5.41, 5.74) is 5.09. The molecular formula is C27H16BrIN4OS. The third-order valence-electron chi connectivity index (χ3n) is 5.73. The first-order chi connectivity index (χ1) is 16.9. The third-order valence-corrected chi connectivity index (χ3v) is 7.24. The van der Waals surface area contributed by atoms with Gasteiger partial charge in [0.2, 0.25) is 0 Å². The summed E-state index contributed by atoms with van der Waals surface area (Å²) in [6.07, 6.45) is 0. The monoisotopic (exact) mass is 650 g/mol. The van der Waals surface area contributed by atoms with Gasteiger partial charge in [-0.25, -0.2) is 4.98 Å². The lowest BCUT2D eigenvalue weighted by Crippen LogP contribution is -2.22. The lowest BCUT2D eigenvalue weighted by atomic mass is 9.99. The van der Waals surface area contributed by atoms with Crippen molar-refractivity contribution in [1.82, 2.24) is 14.5 Å². The summed E-state index contributed by atoms with van der Waals surface area (Å²) in [6.45, 7) is 1.83. The van der Waals surface area contributed by atoms with Gasteiger partial charge < -0.3 is 4.98 Å². The summed E-state index contributed by atoms with van der Waals surface area (Å²) in [6, 6.07) is 25.2. The van der Waals surface area contributed by atoms with E-state index in [2.05, 4.69) is 54.6 Å². The fraction of sp³-hybridized carbons (Fsp3) is 0.0370. The Balaban J connectivity index is 1.61. The van der Waals surface area contributed by atoms with Crippen LogP contribution < -0.4 is 5.56 Å². The van der Waals surface area contributed by atoms with Gasteiger partial charge in [-0.05, 0) is 89.2 Å². The number of H-pyrrole nitrogens is 1. The maximum atomic E-state index is 13.3. The van der Waals surface area contributed by atoms with Crippen molar-refractivity contribution in [2.24, 2.45) is 0 Å². The summed E-state index contributed by atoms with van der Waals surface area (Å²) in [5.74, 6) is 0.617. The van der Waals surface area contributed by atoms with Crippen LogP contribution in [-0.2, 0) is 0 Å². The van der Waals surface area contributed by atoms with Gasteiger partial charge in [-0.1, -0.05) is 52.4 Å². The van der Waals surface area contributed by atoms with Crippen LogP contribution in [0.1, 0.15) is 11.4 Å². The molecule has 0 aliphatic rings. The molecule has 0 saturated carbocycles. The summed E-state index contributed by atoms with van der Waals surface area (Å²) in [7, 11) is 0. The third kappa shape index (κ3) is 4.47. The van der Waals surface area contributed by atoms with Crippen LogP contribution in [0.15, 0.2) is 82.1 Å². The number of nitrogens with one attached hydrogen (secondary N) is 1. The molecule has 0 aliphatic carbocycles. The molecule has 0 fully saturated rings. The van der Waals surface area contributed by atoms with E-state index in [1.807, 2.05) is 79.7 Å². The van der Waals surface area contributed by atoms with Gasteiger partial charge in [-0.15, -0.1) is 0 Å². The molecule has 0 bridgehead atoms. The normalized spacial score (nSPS) is 10.9. The summed E-state index contributed by atoms with van der Waals surface area (Å²) in [5, 5.41) is 10.3. The van der Waals surface area contributed by atoms with Crippen LogP contribution in [0.3, 0.4) is 0 Å². The van der Waals surface area contributed by atoms with E-state index < -0.39 is 0 Å². The van der Waals surface area contributed by atoms with Gasteiger partial charge in [0.25, 0.3) is 5.56 Å². The second kappa shape index (κ2) is 9.49. The molecule has 2 aromatic heterocycles. The fourth-order valence-corrected chi connectivity index (χ4v) is 5.07. The quantitative estimate of drug-likeness (QED) is 0.164.